The topological polar surface area (TPSA) is 38.7 Å². The first kappa shape index (κ1) is 16.9. The number of hydrogen-bond donors (Lipinski definition) is 1. The van der Waals surface area contributed by atoms with Crippen molar-refractivity contribution in [2.24, 2.45) is 5.92 Å². The highest BCUT2D eigenvalue weighted by atomic mass is 16.5. The van der Waals surface area contributed by atoms with Gasteiger partial charge in [-0.3, -0.25) is 0 Å². The summed E-state index contributed by atoms with van der Waals surface area (Å²) in [6.07, 6.45) is 7.71. The molecule has 0 aliphatic carbocycles. The highest BCUT2D eigenvalue weighted by Crippen LogP contribution is 2.16. The van der Waals surface area contributed by atoms with Gasteiger partial charge >= 0.3 is 0 Å². The molecule has 0 bridgehead atoms. The van der Waals surface area contributed by atoms with Crippen molar-refractivity contribution in [2.75, 3.05) is 33.0 Å². The molecule has 0 fully saturated rings. The van der Waals surface area contributed by atoms with Crippen molar-refractivity contribution in [3.63, 3.8) is 0 Å². The Kier molecular flexibility index (Phi) is 13.8. The monoisotopic (exact) mass is 246 g/mol. The summed E-state index contributed by atoms with van der Waals surface area (Å²) in [6, 6.07) is 0. The summed E-state index contributed by atoms with van der Waals surface area (Å²) in [5, 5.41) is 8.54. The predicted molar refractivity (Wildman–Crippen MR) is 71.3 cm³/mol. The van der Waals surface area contributed by atoms with Crippen molar-refractivity contribution < 1.29 is 14.6 Å². The van der Waals surface area contributed by atoms with E-state index in [-0.39, 0.29) is 6.61 Å². The number of aliphatic hydroxyl groups excluding tert-OH is 1. The molecule has 1 N–H and O–H groups in total. The molecule has 17 heavy (non-hydrogen) atoms. The molecule has 0 amide bonds. The second-order valence-corrected chi connectivity index (χ2v) is 4.56. The lowest BCUT2D eigenvalue weighted by Crippen LogP contribution is -2.14. The zero-order chi connectivity index (χ0) is 12.8. The molecule has 0 atom stereocenters. The van der Waals surface area contributed by atoms with Gasteiger partial charge in [0.2, 0.25) is 0 Å². The Balaban J connectivity index is 3.45. The van der Waals surface area contributed by atoms with Gasteiger partial charge in [0, 0.05) is 6.61 Å². The largest absolute Gasteiger partial charge is 0.394 e. The number of unbranched alkanes of at least 4 members (excludes halogenated alkanes) is 2. The van der Waals surface area contributed by atoms with Crippen molar-refractivity contribution in [1.82, 2.24) is 0 Å². The van der Waals surface area contributed by atoms with Gasteiger partial charge in [-0.2, -0.15) is 0 Å². The third-order valence-corrected chi connectivity index (χ3v) is 2.89. The molecule has 0 radical (unpaired) electrons. The normalized spacial score (nSPS) is 11.3. The van der Waals surface area contributed by atoms with Crippen molar-refractivity contribution in [2.45, 2.75) is 52.4 Å². The van der Waals surface area contributed by atoms with Crippen molar-refractivity contribution in [3.05, 3.63) is 0 Å². The number of rotatable bonds is 13. The lowest BCUT2D eigenvalue weighted by Gasteiger charge is -2.16. The average Bonchev–Trinajstić information content (AvgIpc) is 2.35. The number of aliphatic hydroxyl groups is 1. The molecule has 0 aromatic carbocycles. The van der Waals surface area contributed by atoms with Crippen molar-refractivity contribution >= 4 is 0 Å². The van der Waals surface area contributed by atoms with Gasteiger partial charge in [0.25, 0.3) is 0 Å². The zero-order valence-electron chi connectivity index (χ0n) is 11.6. The van der Waals surface area contributed by atoms with Crippen LogP contribution in [0.25, 0.3) is 0 Å². The molecule has 0 saturated heterocycles. The van der Waals surface area contributed by atoms with Gasteiger partial charge in [-0.25, -0.2) is 0 Å². The molecular formula is C14H30O3. The maximum Gasteiger partial charge on any atom is 0.0701 e. The molecule has 0 aromatic heterocycles. The van der Waals surface area contributed by atoms with E-state index in [0.717, 1.165) is 6.61 Å². The van der Waals surface area contributed by atoms with Gasteiger partial charge in [0.05, 0.1) is 26.4 Å². The Bertz CT molecular complexity index is 131. The Morgan fingerprint density at radius 3 is 2.00 bits per heavy atom. The summed E-state index contributed by atoms with van der Waals surface area (Å²) in [5.74, 6) is 0.716. The van der Waals surface area contributed by atoms with Crippen LogP contribution in [0, 0.1) is 5.92 Å². The molecule has 0 aliphatic heterocycles. The summed E-state index contributed by atoms with van der Waals surface area (Å²) in [4.78, 5) is 0. The van der Waals surface area contributed by atoms with Crippen LogP contribution >= 0.6 is 0 Å². The summed E-state index contributed by atoms with van der Waals surface area (Å²) in [5.41, 5.74) is 0. The zero-order valence-corrected chi connectivity index (χ0v) is 11.6. The average molecular weight is 246 g/mol. The lowest BCUT2D eigenvalue weighted by atomic mass is 9.97. The van der Waals surface area contributed by atoms with Crippen molar-refractivity contribution in [3.8, 4) is 0 Å². The minimum atomic E-state index is 0.0929. The van der Waals surface area contributed by atoms with Gasteiger partial charge in [-0.15, -0.1) is 0 Å². The van der Waals surface area contributed by atoms with Crippen LogP contribution in [-0.4, -0.2) is 38.1 Å². The molecule has 0 rings (SSSR count). The van der Waals surface area contributed by atoms with Crippen LogP contribution in [0.3, 0.4) is 0 Å². The van der Waals surface area contributed by atoms with E-state index in [1.807, 2.05) is 0 Å². The van der Waals surface area contributed by atoms with Crippen LogP contribution in [0.15, 0.2) is 0 Å². The third-order valence-electron chi connectivity index (χ3n) is 2.89. The Hall–Kier alpha value is -0.120. The fourth-order valence-corrected chi connectivity index (χ4v) is 1.83. The summed E-state index contributed by atoms with van der Waals surface area (Å²) >= 11 is 0. The minimum absolute atomic E-state index is 0.0929. The van der Waals surface area contributed by atoms with Crippen LogP contribution in [0.4, 0.5) is 0 Å². The molecule has 0 unspecified atom stereocenters. The first-order chi connectivity index (χ1) is 8.35. The fourth-order valence-electron chi connectivity index (χ4n) is 1.83. The second kappa shape index (κ2) is 13.9. The highest BCUT2D eigenvalue weighted by molar-refractivity contribution is 4.58. The van der Waals surface area contributed by atoms with Gasteiger partial charge in [0.15, 0.2) is 0 Å². The summed E-state index contributed by atoms with van der Waals surface area (Å²) in [6.45, 7) is 7.08. The van der Waals surface area contributed by atoms with Crippen LogP contribution in [0.1, 0.15) is 52.4 Å². The van der Waals surface area contributed by atoms with E-state index in [1.54, 1.807) is 0 Å². The predicted octanol–water partition coefficient (Wildman–Crippen LogP) is 3.01. The summed E-state index contributed by atoms with van der Waals surface area (Å²) in [7, 11) is 0. The smallest absolute Gasteiger partial charge is 0.0701 e. The SMILES string of the molecule is CCCCC(CCCC)COCCOCCO. The fraction of sp³-hybridized carbons (Fsp3) is 1.00. The molecule has 0 heterocycles. The molecule has 0 saturated carbocycles. The van der Waals surface area contributed by atoms with Crippen LogP contribution < -0.4 is 0 Å². The van der Waals surface area contributed by atoms with E-state index in [2.05, 4.69) is 13.8 Å². The van der Waals surface area contributed by atoms with E-state index in [0.29, 0.717) is 25.7 Å². The number of hydrogen-bond acceptors (Lipinski definition) is 3. The van der Waals surface area contributed by atoms with Crippen LogP contribution in [0.5, 0.6) is 0 Å². The van der Waals surface area contributed by atoms with Gasteiger partial charge in [0.1, 0.15) is 0 Å². The van der Waals surface area contributed by atoms with E-state index in [9.17, 15) is 0 Å². The molecule has 104 valence electrons. The van der Waals surface area contributed by atoms with E-state index in [1.165, 1.54) is 38.5 Å². The van der Waals surface area contributed by atoms with Crippen LogP contribution in [-0.2, 0) is 9.47 Å². The van der Waals surface area contributed by atoms with Gasteiger partial charge < -0.3 is 14.6 Å². The summed E-state index contributed by atoms with van der Waals surface area (Å²) < 4.78 is 10.8. The third kappa shape index (κ3) is 12.1. The van der Waals surface area contributed by atoms with Crippen LogP contribution in [0.2, 0.25) is 0 Å². The molecule has 0 spiro atoms. The quantitative estimate of drug-likeness (QED) is 0.508. The standard InChI is InChI=1S/C14H30O3/c1-3-5-7-14(8-6-4-2)13-17-12-11-16-10-9-15/h14-15H,3-13H2,1-2H3. The maximum absolute atomic E-state index is 8.54. The molecule has 0 aliphatic rings. The Morgan fingerprint density at radius 1 is 0.882 bits per heavy atom. The molecule has 3 nitrogen and oxygen atoms in total. The van der Waals surface area contributed by atoms with E-state index >= 15 is 0 Å². The molecule has 3 heteroatoms. The molecule has 0 aromatic rings. The van der Waals surface area contributed by atoms with Gasteiger partial charge in [-0.05, 0) is 18.8 Å². The number of ether oxygens (including phenoxy) is 2. The van der Waals surface area contributed by atoms with Crippen molar-refractivity contribution in [1.29, 1.82) is 0 Å². The first-order valence-electron chi connectivity index (χ1n) is 7.11. The minimum Gasteiger partial charge on any atom is -0.394 e. The Morgan fingerprint density at radius 2 is 1.47 bits per heavy atom. The lowest BCUT2D eigenvalue weighted by molar-refractivity contribution is 0.0196. The maximum atomic E-state index is 8.54. The first-order valence-corrected chi connectivity index (χ1v) is 7.11. The highest BCUT2D eigenvalue weighted by Gasteiger charge is 2.07. The Labute approximate surface area is 107 Å². The second-order valence-electron chi connectivity index (χ2n) is 4.56. The molecular weight excluding hydrogens is 216 g/mol. The van der Waals surface area contributed by atoms with Gasteiger partial charge in [-0.1, -0.05) is 39.5 Å². The van der Waals surface area contributed by atoms with E-state index < -0.39 is 0 Å². The van der Waals surface area contributed by atoms with E-state index in [4.69, 9.17) is 14.6 Å².